The van der Waals surface area contributed by atoms with Crippen molar-refractivity contribution in [1.29, 1.82) is 0 Å². The van der Waals surface area contributed by atoms with E-state index in [1.165, 1.54) is 17.0 Å². The van der Waals surface area contributed by atoms with Crippen molar-refractivity contribution in [2.75, 3.05) is 11.9 Å². The summed E-state index contributed by atoms with van der Waals surface area (Å²) in [6, 6.07) is 2.85. The smallest absolute Gasteiger partial charge is 0.335 e. The molecule has 1 amide bonds. The lowest BCUT2D eigenvalue weighted by molar-refractivity contribution is -0.117. The highest BCUT2D eigenvalue weighted by molar-refractivity contribution is 6.35. The molecule has 15 heavy (non-hydrogen) atoms. The number of benzene rings is 1. The summed E-state index contributed by atoms with van der Waals surface area (Å²) in [7, 11) is 1.63. The molecular formula is C10H8ClNO3. The summed E-state index contributed by atoms with van der Waals surface area (Å²) in [5.74, 6) is -1.11. The fraction of sp³-hybridized carbons (Fsp3) is 0.200. The van der Waals surface area contributed by atoms with E-state index in [2.05, 4.69) is 0 Å². The Hall–Kier alpha value is -1.55. The summed E-state index contributed by atoms with van der Waals surface area (Å²) in [5.41, 5.74) is 1.40. The Kier molecular flexibility index (Phi) is 2.16. The first-order chi connectivity index (χ1) is 7.00. The molecule has 5 heteroatoms. The highest BCUT2D eigenvalue weighted by Gasteiger charge is 2.27. The third-order valence-corrected chi connectivity index (χ3v) is 2.73. The number of fused-ring (bicyclic) bond motifs is 1. The van der Waals surface area contributed by atoms with Crippen molar-refractivity contribution in [2.24, 2.45) is 0 Å². The van der Waals surface area contributed by atoms with Crippen molar-refractivity contribution >= 4 is 29.2 Å². The van der Waals surface area contributed by atoms with Gasteiger partial charge >= 0.3 is 5.97 Å². The molecule has 0 unspecified atom stereocenters. The minimum Gasteiger partial charge on any atom is -0.478 e. The third kappa shape index (κ3) is 1.47. The maximum Gasteiger partial charge on any atom is 0.335 e. The van der Waals surface area contributed by atoms with Crippen molar-refractivity contribution in [1.82, 2.24) is 0 Å². The Morgan fingerprint density at radius 3 is 2.80 bits per heavy atom. The minimum absolute atomic E-state index is 0.0746. The van der Waals surface area contributed by atoms with Gasteiger partial charge in [-0.1, -0.05) is 11.6 Å². The van der Waals surface area contributed by atoms with E-state index in [1.807, 2.05) is 0 Å². The van der Waals surface area contributed by atoms with E-state index in [0.717, 1.165) is 0 Å². The van der Waals surface area contributed by atoms with E-state index in [-0.39, 0.29) is 17.9 Å². The molecule has 1 aliphatic rings. The second-order valence-corrected chi connectivity index (χ2v) is 3.81. The first kappa shape index (κ1) is 9.98. The Bertz CT molecular complexity index is 470. The molecule has 2 rings (SSSR count). The number of amides is 1. The first-order valence-electron chi connectivity index (χ1n) is 4.33. The molecule has 0 bridgehead atoms. The van der Waals surface area contributed by atoms with E-state index >= 15 is 0 Å². The first-order valence-corrected chi connectivity index (χ1v) is 4.71. The van der Waals surface area contributed by atoms with Crippen LogP contribution in [0.3, 0.4) is 0 Å². The average Bonchev–Trinajstić information content (AvgIpc) is 2.42. The SMILES string of the molecule is CN1C(=O)Cc2cc(C(=O)O)cc(Cl)c21. The molecule has 1 aromatic carbocycles. The second-order valence-electron chi connectivity index (χ2n) is 3.40. The largest absolute Gasteiger partial charge is 0.478 e. The molecule has 0 atom stereocenters. The third-order valence-electron chi connectivity index (χ3n) is 2.44. The zero-order chi connectivity index (χ0) is 11.2. The Balaban J connectivity index is 2.60. The van der Waals surface area contributed by atoms with E-state index in [9.17, 15) is 9.59 Å². The number of hydrogen-bond acceptors (Lipinski definition) is 2. The highest BCUT2D eigenvalue weighted by atomic mass is 35.5. The fourth-order valence-electron chi connectivity index (χ4n) is 1.70. The average molecular weight is 226 g/mol. The van der Waals surface area contributed by atoms with Crippen LogP contribution in [-0.2, 0) is 11.2 Å². The number of hydrogen-bond donors (Lipinski definition) is 1. The van der Waals surface area contributed by atoms with Crippen molar-refractivity contribution in [2.45, 2.75) is 6.42 Å². The molecule has 0 fully saturated rings. The molecule has 1 heterocycles. The standard InChI is InChI=1S/C10H8ClNO3/c1-12-8(13)4-5-2-6(10(14)15)3-7(11)9(5)12/h2-3H,4H2,1H3,(H,14,15). The van der Waals surface area contributed by atoms with Gasteiger partial charge in [0, 0.05) is 7.05 Å². The predicted octanol–water partition coefficient (Wildman–Crippen LogP) is 1.56. The van der Waals surface area contributed by atoms with Crippen LogP contribution < -0.4 is 4.90 Å². The molecule has 0 spiro atoms. The number of carboxylic acid groups (broad SMARTS) is 1. The Morgan fingerprint density at radius 1 is 1.53 bits per heavy atom. The van der Waals surface area contributed by atoms with Gasteiger partial charge in [0.2, 0.25) is 5.91 Å². The van der Waals surface area contributed by atoms with Gasteiger partial charge < -0.3 is 10.0 Å². The number of aromatic carboxylic acids is 1. The van der Waals surface area contributed by atoms with Gasteiger partial charge in [0.05, 0.1) is 22.7 Å². The van der Waals surface area contributed by atoms with E-state index in [1.54, 1.807) is 7.05 Å². The Morgan fingerprint density at radius 2 is 2.20 bits per heavy atom. The molecule has 1 aliphatic heterocycles. The van der Waals surface area contributed by atoms with Gasteiger partial charge in [-0.2, -0.15) is 0 Å². The van der Waals surface area contributed by atoms with Crippen LogP contribution in [0.2, 0.25) is 5.02 Å². The minimum atomic E-state index is -1.04. The molecule has 0 aliphatic carbocycles. The lowest BCUT2D eigenvalue weighted by Crippen LogP contribution is -2.20. The van der Waals surface area contributed by atoms with Crippen LogP contribution in [0.5, 0.6) is 0 Å². The van der Waals surface area contributed by atoms with Crippen molar-refractivity contribution in [3.05, 3.63) is 28.3 Å². The highest BCUT2D eigenvalue weighted by Crippen LogP contribution is 2.35. The normalized spacial score (nSPS) is 14.3. The van der Waals surface area contributed by atoms with Gasteiger partial charge in [0.1, 0.15) is 0 Å². The molecule has 0 saturated heterocycles. The van der Waals surface area contributed by atoms with E-state index in [0.29, 0.717) is 16.3 Å². The summed E-state index contributed by atoms with van der Waals surface area (Å²) >= 11 is 5.92. The van der Waals surface area contributed by atoms with Crippen LogP contribution in [0, 0.1) is 0 Å². The second kappa shape index (κ2) is 3.24. The maximum atomic E-state index is 11.4. The summed E-state index contributed by atoms with van der Waals surface area (Å²) in [6.07, 6.45) is 0.215. The van der Waals surface area contributed by atoms with Gasteiger partial charge in [-0.05, 0) is 17.7 Å². The number of carbonyl (C=O) groups excluding carboxylic acids is 1. The number of likely N-dealkylation sites (N-methyl/N-ethyl adjacent to an activating group) is 1. The summed E-state index contributed by atoms with van der Waals surface area (Å²) < 4.78 is 0. The number of rotatable bonds is 1. The summed E-state index contributed by atoms with van der Waals surface area (Å²) in [6.45, 7) is 0. The Labute approximate surface area is 91.1 Å². The summed E-state index contributed by atoms with van der Waals surface area (Å²) in [5, 5.41) is 9.12. The lowest BCUT2D eigenvalue weighted by atomic mass is 10.1. The number of anilines is 1. The maximum absolute atomic E-state index is 11.4. The van der Waals surface area contributed by atoms with Crippen LogP contribution in [0.15, 0.2) is 12.1 Å². The van der Waals surface area contributed by atoms with Crippen LogP contribution in [0.1, 0.15) is 15.9 Å². The zero-order valence-electron chi connectivity index (χ0n) is 7.95. The lowest BCUT2D eigenvalue weighted by Gasteiger charge is -2.12. The van der Waals surface area contributed by atoms with Crippen LogP contribution in [0.25, 0.3) is 0 Å². The van der Waals surface area contributed by atoms with Crippen molar-refractivity contribution in [3.63, 3.8) is 0 Å². The van der Waals surface area contributed by atoms with Crippen molar-refractivity contribution in [3.8, 4) is 0 Å². The van der Waals surface area contributed by atoms with Gasteiger partial charge in [-0.15, -0.1) is 0 Å². The van der Waals surface area contributed by atoms with Crippen LogP contribution in [-0.4, -0.2) is 24.0 Å². The summed E-state index contributed by atoms with van der Waals surface area (Å²) in [4.78, 5) is 23.6. The molecule has 1 aromatic rings. The van der Waals surface area contributed by atoms with Crippen LogP contribution in [0.4, 0.5) is 5.69 Å². The topological polar surface area (TPSA) is 57.6 Å². The number of carbonyl (C=O) groups is 2. The molecular weight excluding hydrogens is 218 g/mol. The van der Waals surface area contributed by atoms with Crippen molar-refractivity contribution < 1.29 is 14.7 Å². The molecule has 4 nitrogen and oxygen atoms in total. The molecule has 0 saturated carbocycles. The van der Waals surface area contributed by atoms with E-state index in [4.69, 9.17) is 16.7 Å². The molecule has 78 valence electrons. The number of halogens is 1. The predicted molar refractivity (Wildman–Crippen MR) is 55.5 cm³/mol. The zero-order valence-corrected chi connectivity index (χ0v) is 8.71. The molecule has 0 radical (unpaired) electrons. The fourth-order valence-corrected chi connectivity index (χ4v) is 2.06. The van der Waals surface area contributed by atoms with Gasteiger partial charge in [-0.25, -0.2) is 4.79 Å². The number of carboxylic acids is 1. The number of nitrogens with zero attached hydrogens (tertiary/aromatic N) is 1. The quantitative estimate of drug-likeness (QED) is 0.789. The molecule has 1 N–H and O–H groups in total. The van der Waals surface area contributed by atoms with Gasteiger partial charge in [0.25, 0.3) is 0 Å². The monoisotopic (exact) mass is 225 g/mol. The van der Waals surface area contributed by atoms with Crippen LogP contribution >= 0.6 is 11.6 Å². The van der Waals surface area contributed by atoms with Gasteiger partial charge in [-0.3, -0.25) is 4.79 Å². The molecule has 0 aromatic heterocycles. The van der Waals surface area contributed by atoms with Gasteiger partial charge in [0.15, 0.2) is 0 Å². The van der Waals surface area contributed by atoms with E-state index < -0.39 is 5.97 Å².